The molecular formula is C13H18BrNO4. The van der Waals surface area contributed by atoms with Crippen LogP contribution in [0, 0.1) is 0 Å². The molecule has 1 aromatic rings. The number of amides is 1. The number of hydrogen-bond donors (Lipinski definition) is 2. The molecule has 1 aromatic carbocycles. The fourth-order valence-corrected chi connectivity index (χ4v) is 1.95. The summed E-state index contributed by atoms with van der Waals surface area (Å²) in [6.07, 6.45) is 0. The van der Waals surface area contributed by atoms with Crippen molar-refractivity contribution in [3.05, 3.63) is 22.2 Å². The first-order valence-corrected chi connectivity index (χ1v) is 6.50. The molecule has 0 spiro atoms. The minimum Gasteiger partial charge on any atom is -0.495 e. The van der Waals surface area contributed by atoms with Crippen LogP contribution in [-0.4, -0.2) is 37.4 Å². The van der Waals surface area contributed by atoms with E-state index in [1.165, 1.54) is 14.2 Å². The van der Waals surface area contributed by atoms with Crippen molar-refractivity contribution in [2.24, 2.45) is 0 Å². The fraction of sp³-hybridized carbons (Fsp3) is 0.462. The molecule has 6 heteroatoms. The van der Waals surface area contributed by atoms with E-state index >= 15 is 0 Å². The summed E-state index contributed by atoms with van der Waals surface area (Å²) in [5.41, 5.74) is -0.555. The first-order valence-electron chi connectivity index (χ1n) is 5.70. The molecule has 0 aromatic heterocycles. The zero-order valence-electron chi connectivity index (χ0n) is 11.4. The lowest BCUT2D eigenvalue weighted by Gasteiger charge is -2.18. The second kappa shape index (κ2) is 6.25. The monoisotopic (exact) mass is 331 g/mol. The highest BCUT2D eigenvalue weighted by molar-refractivity contribution is 9.10. The van der Waals surface area contributed by atoms with E-state index in [-0.39, 0.29) is 12.5 Å². The summed E-state index contributed by atoms with van der Waals surface area (Å²) in [5.74, 6) is 0.715. The van der Waals surface area contributed by atoms with E-state index in [1.54, 1.807) is 26.0 Å². The van der Waals surface area contributed by atoms with Crippen molar-refractivity contribution in [3.63, 3.8) is 0 Å². The van der Waals surface area contributed by atoms with Crippen LogP contribution >= 0.6 is 15.9 Å². The first-order chi connectivity index (χ1) is 8.78. The van der Waals surface area contributed by atoms with E-state index in [0.717, 1.165) is 0 Å². The largest absolute Gasteiger partial charge is 0.495 e. The smallest absolute Gasteiger partial charge is 0.251 e. The van der Waals surface area contributed by atoms with Crippen LogP contribution in [0.4, 0.5) is 0 Å². The van der Waals surface area contributed by atoms with Crippen LogP contribution < -0.4 is 14.8 Å². The quantitative estimate of drug-likeness (QED) is 0.865. The minimum atomic E-state index is -0.959. The molecule has 2 N–H and O–H groups in total. The van der Waals surface area contributed by atoms with Crippen LogP contribution in [0.15, 0.2) is 16.6 Å². The van der Waals surface area contributed by atoms with Crippen molar-refractivity contribution in [2.45, 2.75) is 19.4 Å². The van der Waals surface area contributed by atoms with Gasteiger partial charge in [0, 0.05) is 12.1 Å². The summed E-state index contributed by atoms with van der Waals surface area (Å²) in [6.45, 7) is 3.40. The topological polar surface area (TPSA) is 67.8 Å². The zero-order chi connectivity index (χ0) is 14.6. The third-order valence-electron chi connectivity index (χ3n) is 2.39. The lowest BCUT2D eigenvalue weighted by Crippen LogP contribution is -2.38. The number of methoxy groups -OCH3 is 2. The van der Waals surface area contributed by atoms with Gasteiger partial charge in [-0.1, -0.05) is 0 Å². The van der Waals surface area contributed by atoms with Crippen LogP contribution in [0.3, 0.4) is 0 Å². The maximum Gasteiger partial charge on any atom is 0.251 e. The molecule has 0 radical (unpaired) electrons. The molecule has 0 aliphatic carbocycles. The Morgan fingerprint density at radius 1 is 1.32 bits per heavy atom. The number of carbonyl (C=O) groups excluding carboxylic acids is 1. The molecule has 0 aliphatic heterocycles. The standard InChI is InChI=1S/C13H18BrNO4/c1-13(2,17)7-15-12(16)8-5-9(18-3)11(14)10(6-8)19-4/h5-6,17H,7H2,1-4H3,(H,15,16). The zero-order valence-corrected chi connectivity index (χ0v) is 13.0. The number of rotatable bonds is 5. The summed E-state index contributed by atoms with van der Waals surface area (Å²) in [7, 11) is 3.02. The Morgan fingerprint density at radius 2 is 1.79 bits per heavy atom. The highest BCUT2D eigenvalue weighted by Gasteiger charge is 2.17. The molecule has 0 unspecified atom stereocenters. The van der Waals surface area contributed by atoms with Gasteiger partial charge in [0.25, 0.3) is 5.91 Å². The van der Waals surface area contributed by atoms with Crippen LogP contribution in [-0.2, 0) is 0 Å². The maximum absolute atomic E-state index is 12.0. The normalized spacial score (nSPS) is 11.1. The van der Waals surface area contributed by atoms with Gasteiger partial charge in [0.2, 0.25) is 0 Å². The first kappa shape index (κ1) is 15.8. The van der Waals surface area contributed by atoms with Gasteiger partial charge in [0.15, 0.2) is 0 Å². The predicted molar refractivity (Wildman–Crippen MR) is 75.9 cm³/mol. The van der Waals surface area contributed by atoms with Crippen molar-refractivity contribution in [2.75, 3.05) is 20.8 Å². The third kappa shape index (κ3) is 4.40. The summed E-state index contributed by atoms with van der Waals surface area (Å²) in [5, 5.41) is 12.2. The second-order valence-electron chi connectivity index (χ2n) is 4.69. The third-order valence-corrected chi connectivity index (χ3v) is 3.17. The molecule has 0 heterocycles. The van der Waals surface area contributed by atoms with E-state index in [4.69, 9.17) is 9.47 Å². The van der Waals surface area contributed by atoms with E-state index in [9.17, 15) is 9.90 Å². The lowest BCUT2D eigenvalue weighted by atomic mass is 10.1. The molecule has 0 saturated carbocycles. The van der Waals surface area contributed by atoms with Crippen molar-refractivity contribution in [3.8, 4) is 11.5 Å². The van der Waals surface area contributed by atoms with Crippen LogP contribution in [0.1, 0.15) is 24.2 Å². The molecule has 0 saturated heterocycles. The lowest BCUT2D eigenvalue weighted by molar-refractivity contribution is 0.0694. The molecule has 1 rings (SSSR count). The maximum atomic E-state index is 12.0. The minimum absolute atomic E-state index is 0.159. The Morgan fingerprint density at radius 3 is 2.16 bits per heavy atom. The highest BCUT2D eigenvalue weighted by Crippen LogP contribution is 2.35. The van der Waals surface area contributed by atoms with Gasteiger partial charge >= 0.3 is 0 Å². The molecule has 0 aliphatic rings. The number of ether oxygens (including phenoxy) is 2. The Bertz CT molecular complexity index is 443. The number of carbonyl (C=O) groups is 1. The van der Waals surface area contributed by atoms with Crippen LogP contribution in [0.25, 0.3) is 0 Å². The van der Waals surface area contributed by atoms with E-state index in [0.29, 0.717) is 21.5 Å². The van der Waals surface area contributed by atoms with Crippen LogP contribution in [0.2, 0.25) is 0 Å². The molecule has 5 nitrogen and oxygen atoms in total. The fourth-order valence-electron chi connectivity index (χ4n) is 1.40. The summed E-state index contributed by atoms with van der Waals surface area (Å²) < 4.78 is 11.0. The number of hydrogen-bond acceptors (Lipinski definition) is 4. The molecule has 19 heavy (non-hydrogen) atoms. The van der Waals surface area contributed by atoms with Crippen molar-refractivity contribution < 1.29 is 19.4 Å². The average molecular weight is 332 g/mol. The summed E-state index contributed by atoms with van der Waals surface area (Å²) >= 11 is 3.33. The SMILES string of the molecule is COc1cc(C(=O)NCC(C)(C)O)cc(OC)c1Br. The van der Waals surface area contributed by atoms with Gasteiger partial charge in [-0.3, -0.25) is 4.79 Å². The Labute approximate surface area is 121 Å². The molecule has 106 valence electrons. The van der Waals surface area contributed by atoms with Gasteiger partial charge in [-0.2, -0.15) is 0 Å². The Kier molecular flexibility index (Phi) is 5.20. The molecule has 0 bridgehead atoms. The number of aliphatic hydroxyl groups is 1. The highest BCUT2D eigenvalue weighted by atomic mass is 79.9. The van der Waals surface area contributed by atoms with Gasteiger partial charge in [-0.15, -0.1) is 0 Å². The van der Waals surface area contributed by atoms with Crippen molar-refractivity contribution >= 4 is 21.8 Å². The predicted octanol–water partition coefficient (Wildman–Crippen LogP) is 1.97. The molecule has 0 atom stereocenters. The van der Waals surface area contributed by atoms with E-state index in [1.807, 2.05) is 0 Å². The van der Waals surface area contributed by atoms with Gasteiger partial charge in [0.1, 0.15) is 16.0 Å². The molecule has 0 fully saturated rings. The second-order valence-corrected chi connectivity index (χ2v) is 5.48. The van der Waals surface area contributed by atoms with Gasteiger partial charge in [-0.05, 0) is 41.9 Å². The Hall–Kier alpha value is -1.27. The van der Waals surface area contributed by atoms with E-state index < -0.39 is 5.60 Å². The molecule has 1 amide bonds. The van der Waals surface area contributed by atoms with Gasteiger partial charge in [-0.25, -0.2) is 0 Å². The van der Waals surface area contributed by atoms with Crippen molar-refractivity contribution in [1.82, 2.24) is 5.32 Å². The van der Waals surface area contributed by atoms with E-state index in [2.05, 4.69) is 21.2 Å². The summed E-state index contributed by atoms with van der Waals surface area (Å²) in [6, 6.07) is 3.21. The van der Waals surface area contributed by atoms with Gasteiger partial charge < -0.3 is 19.9 Å². The number of halogens is 1. The number of nitrogens with one attached hydrogen (secondary N) is 1. The summed E-state index contributed by atoms with van der Waals surface area (Å²) in [4.78, 5) is 12.0. The number of benzene rings is 1. The van der Waals surface area contributed by atoms with Crippen LogP contribution in [0.5, 0.6) is 11.5 Å². The molecular weight excluding hydrogens is 314 g/mol. The van der Waals surface area contributed by atoms with Crippen molar-refractivity contribution in [1.29, 1.82) is 0 Å². The Balaban J connectivity index is 2.97. The van der Waals surface area contributed by atoms with Gasteiger partial charge in [0.05, 0.1) is 19.8 Å². The average Bonchev–Trinajstić information content (AvgIpc) is 2.35.